The molecule has 24 heavy (non-hydrogen) atoms. The summed E-state index contributed by atoms with van der Waals surface area (Å²) >= 11 is 0. The Morgan fingerprint density at radius 3 is 2.71 bits per heavy atom. The highest BCUT2D eigenvalue weighted by atomic mass is 19.3. The third kappa shape index (κ3) is 5.05. The maximum Gasteiger partial charge on any atom is 0.296 e. The van der Waals surface area contributed by atoms with Crippen LogP contribution in [0.1, 0.15) is 18.1 Å². The maximum absolute atomic E-state index is 14.0. The minimum absolute atomic E-state index is 0.122. The van der Waals surface area contributed by atoms with Crippen LogP contribution >= 0.6 is 0 Å². The normalized spacial score (nSPS) is 20.0. The molecule has 1 aromatic carbocycles. The number of ether oxygens (including phenoxy) is 1. The smallest absolute Gasteiger partial charge is 0.296 e. The van der Waals surface area contributed by atoms with Crippen LogP contribution < -0.4 is 5.73 Å². The number of nitrogens with zero attached hydrogens (tertiary/aromatic N) is 1. The number of Topliss-reactive ketones (excluding diaryl/α,β-unsaturated/α-hetero) is 1. The molecule has 1 aliphatic heterocycles. The molecule has 0 radical (unpaired) electrons. The third-order valence-electron chi connectivity index (χ3n) is 3.26. The summed E-state index contributed by atoms with van der Waals surface area (Å²) in [6, 6.07) is 3.80. The number of ketones is 1. The van der Waals surface area contributed by atoms with Crippen molar-refractivity contribution in [1.82, 2.24) is 0 Å². The largest absolute Gasteiger partial charge is 0.483 e. The van der Waals surface area contributed by atoms with Gasteiger partial charge >= 0.3 is 0 Å². The fraction of sp³-hybridized carbons (Fsp3) is 0.400. The molecule has 0 amide bonds. The van der Waals surface area contributed by atoms with Gasteiger partial charge in [-0.05, 0) is 24.6 Å². The highest BCUT2D eigenvalue weighted by molar-refractivity contribution is 5.84. The number of benzene rings is 1. The van der Waals surface area contributed by atoms with Crippen molar-refractivity contribution >= 4 is 18.1 Å². The van der Waals surface area contributed by atoms with E-state index in [9.17, 15) is 18.0 Å². The Morgan fingerprint density at radius 2 is 2.17 bits per heavy atom. The summed E-state index contributed by atoms with van der Waals surface area (Å²) in [6.07, 6.45) is -3.50. The van der Waals surface area contributed by atoms with Gasteiger partial charge in [-0.2, -0.15) is 0 Å². The van der Waals surface area contributed by atoms with Gasteiger partial charge in [-0.1, -0.05) is 6.07 Å². The van der Waals surface area contributed by atoms with Crippen LogP contribution in [0, 0.1) is 5.82 Å². The van der Waals surface area contributed by atoms with Gasteiger partial charge in [0, 0.05) is 12.0 Å². The van der Waals surface area contributed by atoms with Gasteiger partial charge in [-0.15, -0.1) is 0 Å². The van der Waals surface area contributed by atoms with E-state index >= 15 is 0 Å². The van der Waals surface area contributed by atoms with Crippen LogP contribution in [0.2, 0.25) is 0 Å². The quantitative estimate of drug-likeness (QED) is 0.805. The fourth-order valence-electron chi connectivity index (χ4n) is 2.25. The first-order chi connectivity index (χ1) is 11.2. The van der Waals surface area contributed by atoms with Crippen molar-refractivity contribution in [3.8, 4) is 0 Å². The lowest BCUT2D eigenvalue weighted by Gasteiger charge is -2.30. The van der Waals surface area contributed by atoms with Gasteiger partial charge in [0.15, 0.2) is 0 Å². The highest BCUT2D eigenvalue weighted by Gasteiger charge is 2.33. The van der Waals surface area contributed by atoms with Crippen molar-refractivity contribution in [3.05, 3.63) is 35.1 Å². The molecule has 1 atom stereocenters. The summed E-state index contributed by atoms with van der Waals surface area (Å²) < 4.78 is 43.9. The summed E-state index contributed by atoms with van der Waals surface area (Å²) in [7, 11) is 0. The Balaban J connectivity index is 0.000000891. The lowest BCUT2D eigenvalue weighted by molar-refractivity contribution is -0.128. The number of hydrogen-bond donors (Lipinski definition) is 2. The molecule has 0 aliphatic carbocycles. The number of carbonyl (C=O) groups excluding carboxylic acids is 1. The summed E-state index contributed by atoms with van der Waals surface area (Å²) in [5, 5.41) is 6.89. The molecule has 0 saturated carbocycles. The van der Waals surface area contributed by atoms with Crippen LogP contribution in [-0.2, 0) is 26.3 Å². The number of alkyl halides is 2. The molecule has 1 heterocycles. The Bertz CT molecular complexity index is 637. The van der Waals surface area contributed by atoms with Crippen LogP contribution in [-0.4, -0.2) is 42.8 Å². The van der Waals surface area contributed by atoms with Gasteiger partial charge in [0.25, 0.3) is 12.9 Å². The molecule has 0 aromatic heterocycles. The molecule has 6 nitrogen and oxygen atoms in total. The molecule has 3 N–H and O–H groups in total. The molecule has 0 saturated heterocycles. The Hall–Kier alpha value is -2.42. The van der Waals surface area contributed by atoms with Gasteiger partial charge in [0.2, 0.25) is 5.78 Å². The topological polar surface area (TPSA) is 102 Å². The van der Waals surface area contributed by atoms with Gasteiger partial charge in [0.05, 0.1) is 6.61 Å². The second-order valence-electron chi connectivity index (χ2n) is 5.23. The molecule has 0 spiro atoms. The van der Waals surface area contributed by atoms with Crippen molar-refractivity contribution in [1.29, 1.82) is 0 Å². The SMILES string of the molecule is C[C@@]1(c2cc(CC(=O)C(F)F)ccc2F)COCC(N)=N1.O=CO. The van der Waals surface area contributed by atoms with Gasteiger partial charge in [-0.25, -0.2) is 13.2 Å². The number of hydrogen-bond acceptors (Lipinski definition) is 5. The number of nitrogens with two attached hydrogens (primary N) is 1. The molecule has 1 aromatic rings. The van der Waals surface area contributed by atoms with Crippen LogP contribution in [0.4, 0.5) is 13.2 Å². The predicted molar refractivity (Wildman–Crippen MR) is 79.6 cm³/mol. The van der Waals surface area contributed by atoms with Gasteiger partial charge in [-0.3, -0.25) is 14.6 Å². The molecule has 1 aliphatic rings. The van der Waals surface area contributed by atoms with Crippen LogP contribution in [0.25, 0.3) is 0 Å². The molecule has 0 unspecified atom stereocenters. The third-order valence-corrected chi connectivity index (χ3v) is 3.26. The van der Waals surface area contributed by atoms with Gasteiger partial charge < -0.3 is 15.6 Å². The predicted octanol–water partition coefficient (Wildman–Crippen LogP) is 1.51. The van der Waals surface area contributed by atoms with Crippen molar-refractivity contribution < 1.29 is 32.6 Å². The summed E-state index contributed by atoms with van der Waals surface area (Å²) in [5.74, 6) is -1.52. The number of rotatable bonds is 4. The minimum atomic E-state index is -3.04. The highest BCUT2D eigenvalue weighted by Crippen LogP contribution is 2.31. The van der Waals surface area contributed by atoms with E-state index < -0.39 is 30.0 Å². The second kappa shape index (κ2) is 8.44. The van der Waals surface area contributed by atoms with Crippen LogP contribution in [0.15, 0.2) is 23.2 Å². The van der Waals surface area contributed by atoms with E-state index in [1.54, 1.807) is 6.92 Å². The van der Waals surface area contributed by atoms with Gasteiger partial charge in [0.1, 0.15) is 23.8 Å². The number of amidine groups is 1. The minimum Gasteiger partial charge on any atom is -0.483 e. The monoisotopic (exact) mass is 346 g/mol. The van der Waals surface area contributed by atoms with E-state index in [1.807, 2.05) is 0 Å². The summed E-state index contributed by atoms with van der Waals surface area (Å²) in [4.78, 5) is 23.7. The second-order valence-corrected chi connectivity index (χ2v) is 5.23. The zero-order valence-electron chi connectivity index (χ0n) is 12.8. The van der Waals surface area contributed by atoms with E-state index in [-0.39, 0.29) is 31.1 Å². The molecule has 0 fully saturated rings. The average molecular weight is 346 g/mol. The molecule has 9 heteroatoms. The van der Waals surface area contributed by atoms with E-state index in [1.165, 1.54) is 12.1 Å². The number of halogens is 3. The lowest BCUT2D eigenvalue weighted by atomic mass is 9.90. The maximum atomic E-state index is 14.0. The molecule has 0 bridgehead atoms. The first-order valence-corrected chi connectivity index (χ1v) is 6.83. The fourth-order valence-corrected chi connectivity index (χ4v) is 2.25. The van der Waals surface area contributed by atoms with E-state index in [4.69, 9.17) is 20.4 Å². The summed E-state index contributed by atoms with van der Waals surface area (Å²) in [5.41, 5.74) is 5.05. The number of carboxylic acid groups (broad SMARTS) is 1. The zero-order chi connectivity index (χ0) is 18.3. The zero-order valence-corrected chi connectivity index (χ0v) is 12.8. The average Bonchev–Trinajstić information content (AvgIpc) is 2.49. The Labute approximate surface area is 136 Å². The van der Waals surface area contributed by atoms with Crippen molar-refractivity contribution in [2.75, 3.05) is 13.2 Å². The Kier molecular flexibility index (Phi) is 6.90. The van der Waals surface area contributed by atoms with Crippen LogP contribution in [0.3, 0.4) is 0 Å². The van der Waals surface area contributed by atoms with E-state index in [0.29, 0.717) is 5.56 Å². The van der Waals surface area contributed by atoms with E-state index in [0.717, 1.165) is 6.07 Å². The number of carbonyl (C=O) groups is 2. The first-order valence-electron chi connectivity index (χ1n) is 6.83. The molecular formula is C15H17F3N2O4. The molecule has 132 valence electrons. The van der Waals surface area contributed by atoms with Crippen molar-refractivity contribution in [2.45, 2.75) is 25.3 Å². The lowest BCUT2D eigenvalue weighted by Crippen LogP contribution is -2.38. The van der Waals surface area contributed by atoms with Crippen molar-refractivity contribution in [2.24, 2.45) is 10.7 Å². The Morgan fingerprint density at radius 1 is 1.54 bits per heavy atom. The molecular weight excluding hydrogens is 329 g/mol. The van der Waals surface area contributed by atoms with Crippen molar-refractivity contribution in [3.63, 3.8) is 0 Å². The van der Waals surface area contributed by atoms with Crippen LogP contribution in [0.5, 0.6) is 0 Å². The standard InChI is InChI=1S/C14H15F3N2O2.CH2O2/c1-14(7-21-6-12(18)19-14)9-4-8(2-3-10(9)15)5-11(20)13(16)17;2-1-3/h2-4,13H,5-7H2,1H3,(H2,18,19);1H,(H,2,3)/t14-;/m0./s1. The number of aliphatic imine (C=N–C) groups is 1. The van der Waals surface area contributed by atoms with E-state index in [2.05, 4.69) is 4.99 Å². The summed E-state index contributed by atoms with van der Waals surface area (Å²) in [6.45, 7) is 1.67. The first kappa shape index (κ1) is 19.6. The molecule has 2 rings (SSSR count).